The Hall–Kier alpha value is -4.06. The number of aromatic amines is 1. The van der Waals surface area contributed by atoms with Gasteiger partial charge in [-0.05, 0) is 53.9 Å². The van der Waals surface area contributed by atoms with Crippen molar-refractivity contribution in [3.05, 3.63) is 101 Å². The molecule has 6 nitrogen and oxygen atoms in total. The van der Waals surface area contributed by atoms with Crippen LogP contribution in [0.1, 0.15) is 46.6 Å². The van der Waals surface area contributed by atoms with Crippen LogP contribution in [0.25, 0.3) is 11.3 Å². The molecule has 1 aliphatic heterocycles. The predicted molar refractivity (Wildman–Crippen MR) is 131 cm³/mol. The summed E-state index contributed by atoms with van der Waals surface area (Å²) in [5, 5.41) is 7.58. The van der Waals surface area contributed by atoms with Crippen LogP contribution in [-0.4, -0.2) is 34.7 Å². The first-order valence-corrected chi connectivity index (χ1v) is 11.5. The maximum absolute atomic E-state index is 13.6. The lowest BCUT2D eigenvalue weighted by atomic mass is 9.95. The minimum Gasteiger partial charge on any atom is -0.497 e. The minimum absolute atomic E-state index is 0.0593. The number of rotatable bonds is 8. The molecule has 5 rings (SSSR count). The molecule has 34 heavy (non-hydrogen) atoms. The van der Waals surface area contributed by atoms with Crippen LogP contribution >= 0.6 is 0 Å². The maximum Gasteiger partial charge on any atom is 0.273 e. The number of carbonyl (C=O) groups excluding carboxylic acids is 1. The van der Waals surface area contributed by atoms with Gasteiger partial charge in [0.2, 0.25) is 0 Å². The van der Waals surface area contributed by atoms with Crippen LogP contribution in [0.5, 0.6) is 11.5 Å². The number of carbonyl (C=O) groups is 1. The molecule has 0 bridgehead atoms. The van der Waals surface area contributed by atoms with Crippen LogP contribution in [0.2, 0.25) is 0 Å². The van der Waals surface area contributed by atoms with E-state index in [1.165, 1.54) is 0 Å². The topological polar surface area (TPSA) is 67.5 Å². The third-order valence-electron chi connectivity index (χ3n) is 6.07. The first kappa shape index (κ1) is 21.8. The summed E-state index contributed by atoms with van der Waals surface area (Å²) in [4.78, 5) is 15.5. The van der Waals surface area contributed by atoms with E-state index in [-0.39, 0.29) is 11.9 Å². The van der Waals surface area contributed by atoms with Crippen LogP contribution < -0.4 is 9.47 Å². The lowest BCUT2D eigenvalue weighted by molar-refractivity contribution is 0.0730. The molecular formula is C28H27N3O3. The summed E-state index contributed by atoms with van der Waals surface area (Å²) < 4.78 is 11.2. The van der Waals surface area contributed by atoms with E-state index in [0.29, 0.717) is 18.8 Å². The molecule has 0 fully saturated rings. The van der Waals surface area contributed by atoms with Gasteiger partial charge in [-0.15, -0.1) is 0 Å². The van der Waals surface area contributed by atoms with E-state index in [4.69, 9.17) is 9.47 Å². The van der Waals surface area contributed by atoms with Gasteiger partial charge in [-0.25, -0.2) is 0 Å². The van der Waals surface area contributed by atoms with E-state index >= 15 is 0 Å². The van der Waals surface area contributed by atoms with Crippen molar-refractivity contribution < 1.29 is 14.3 Å². The van der Waals surface area contributed by atoms with E-state index in [9.17, 15) is 4.79 Å². The Labute approximate surface area is 199 Å². The largest absolute Gasteiger partial charge is 0.497 e. The first-order valence-electron chi connectivity index (χ1n) is 11.5. The molecule has 172 valence electrons. The molecule has 1 aliphatic rings. The normalized spacial score (nSPS) is 14.8. The zero-order valence-electron chi connectivity index (χ0n) is 19.3. The van der Waals surface area contributed by atoms with Gasteiger partial charge in [0.25, 0.3) is 5.91 Å². The van der Waals surface area contributed by atoms with Gasteiger partial charge in [0.1, 0.15) is 17.2 Å². The Morgan fingerprint density at radius 2 is 1.76 bits per heavy atom. The molecule has 0 radical (unpaired) electrons. The molecular weight excluding hydrogens is 426 g/mol. The monoisotopic (exact) mass is 453 g/mol. The molecule has 0 saturated carbocycles. The van der Waals surface area contributed by atoms with Crippen molar-refractivity contribution in [2.45, 2.75) is 25.9 Å². The number of nitrogens with zero attached hydrogens (tertiary/aromatic N) is 2. The second-order valence-electron chi connectivity index (χ2n) is 8.33. The Morgan fingerprint density at radius 3 is 2.50 bits per heavy atom. The Bertz CT molecular complexity index is 1280. The molecule has 2 heterocycles. The number of hydrogen-bond acceptors (Lipinski definition) is 4. The number of ether oxygens (including phenoxy) is 2. The highest BCUT2D eigenvalue weighted by molar-refractivity contribution is 6.00. The number of amides is 1. The summed E-state index contributed by atoms with van der Waals surface area (Å²) in [7, 11) is 1.64. The number of methoxy groups -OCH3 is 1. The Morgan fingerprint density at radius 1 is 0.971 bits per heavy atom. The van der Waals surface area contributed by atoms with Gasteiger partial charge in [-0.3, -0.25) is 9.89 Å². The quantitative estimate of drug-likeness (QED) is 0.376. The van der Waals surface area contributed by atoms with E-state index in [2.05, 4.69) is 23.2 Å². The number of aromatic nitrogens is 2. The fourth-order valence-corrected chi connectivity index (χ4v) is 4.45. The van der Waals surface area contributed by atoms with Crippen molar-refractivity contribution in [2.75, 3.05) is 13.7 Å². The molecule has 3 aromatic carbocycles. The van der Waals surface area contributed by atoms with E-state index in [1.54, 1.807) is 7.11 Å². The standard InChI is InChI=1S/C28H27N3O3/c1-3-16-34-23-11-7-10-21(17-23)27-24-25(20-12-14-22(33-2)15-13-20)29-30-26(24)28(32)31(27)18-19-8-5-4-6-9-19/h4-15,17,27H,3,16,18H2,1-2H3,(H,29,30). The maximum atomic E-state index is 13.6. The molecule has 1 aromatic heterocycles. The first-order chi connectivity index (χ1) is 16.7. The third-order valence-corrected chi connectivity index (χ3v) is 6.07. The smallest absolute Gasteiger partial charge is 0.273 e. The summed E-state index contributed by atoms with van der Waals surface area (Å²) in [6, 6.07) is 25.5. The predicted octanol–water partition coefficient (Wildman–Crippen LogP) is 5.62. The average Bonchev–Trinajstić information content (AvgIpc) is 3.42. The molecule has 1 unspecified atom stereocenters. The van der Waals surface area contributed by atoms with E-state index in [1.807, 2.05) is 77.7 Å². The van der Waals surface area contributed by atoms with Crippen LogP contribution in [-0.2, 0) is 6.54 Å². The van der Waals surface area contributed by atoms with Gasteiger partial charge >= 0.3 is 0 Å². The summed E-state index contributed by atoms with van der Waals surface area (Å²) in [5.41, 5.74) is 5.18. The van der Waals surface area contributed by atoms with E-state index < -0.39 is 0 Å². The van der Waals surface area contributed by atoms with Gasteiger partial charge in [0, 0.05) is 17.7 Å². The molecule has 1 atom stereocenters. The molecule has 1 N–H and O–H groups in total. The highest BCUT2D eigenvalue weighted by Crippen LogP contribution is 2.44. The minimum atomic E-state index is -0.288. The molecule has 1 amide bonds. The van der Waals surface area contributed by atoms with Gasteiger partial charge in [0.05, 0.1) is 25.5 Å². The summed E-state index contributed by atoms with van der Waals surface area (Å²) >= 11 is 0. The molecule has 0 aliphatic carbocycles. The highest BCUT2D eigenvalue weighted by atomic mass is 16.5. The molecule has 6 heteroatoms. The third kappa shape index (κ3) is 4.03. The summed E-state index contributed by atoms with van der Waals surface area (Å²) in [6.07, 6.45) is 0.930. The Balaban J connectivity index is 1.61. The van der Waals surface area contributed by atoms with Gasteiger partial charge < -0.3 is 14.4 Å². The second kappa shape index (κ2) is 9.43. The van der Waals surface area contributed by atoms with Gasteiger partial charge in [0.15, 0.2) is 0 Å². The number of hydrogen-bond donors (Lipinski definition) is 1. The van der Waals surface area contributed by atoms with Crippen LogP contribution in [0.4, 0.5) is 0 Å². The fourth-order valence-electron chi connectivity index (χ4n) is 4.45. The van der Waals surface area contributed by atoms with Crippen LogP contribution in [0.15, 0.2) is 78.9 Å². The zero-order valence-corrected chi connectivity index (χ0v) is 19.3. The number of fused-ring (bicyclic) bond motifs is 1. The molecule has 0 saturated heterocycles. The lowest BCUT2D eigenvalue weighted by Crippen LogP contribution is -2.29. The second-order valence-corrected chi connectivity index (χ2v) is 8.33. The van der Waals surface area contributed by atoms with Crippen molar-refractivity contribution in [3.8, 4) is 22.8 Å². The number of H-pyrrole nitrogens is 1. The fraction of sp³-hybridized carbons (Fsp3) is 0.214. The number of benzene rings is 3. The van der Waals surface area contributed by atoms with Crippen molar-refractivity contribution in [1.82, 2.24) is 15.1 Å². The number of nitrogens with one attached hydrogen (secondary N) is 1. The zero-order chi connectivity index (χ0) is 23.5. The lowest BCUT2D eigenvalue weighted by Gasteiger charge is -2.27. The van der Waals surface area contributed by atoms with Crippen molar-refractivity contribution in [1.29, 1.82) is 0 Å². The van der Waals surface area contributed by atoms with Gasteiger partial charge in [-0.1, -0.05) is 49.4 Å². The van der Waals surface area contributed by atoms with Crippen LogP contribution in [0, 0.1) is 0 Å². The summed E-state index contributed by atoms with van der Waals surface area (Å²) in [5.74, 6) is 1.51. The SMILES string of the molecule is CCCOc1cccc(C2c3c(-c4ccc(OC)cc4)n[nH]c3C(=O)N2Cc2ccccc2)c1. The highest BCUT2D eigenvalue weighted by Gasteiger charge is 2.42. The van der Waals surface area contributed by atoms with Crippen molar-refractivity contribution in [3.63, 3.8) is 0 Å². The molecule has 0 spiro atoms. The van der Waals surface area contributed by atoms with E-state index in [0.717, 1.165) is 45.9 Å². The van der Waals surface area contributed by atoms with Crippen molar-refractivity contribution >= 4 is 5.91 Å². The van der Waals surface area contributed by atoms with Gasteiger partial charge in [-0.2, -0.15) is 5.10 Å². The Kier molecular flexibility index (Phi) is 6.04. The van der Waals surface area contributed by atoms with Crippen LogP contribution in [0.3, 0.4) is 0 Å². The summed E-state index contributed by atoms with van der Waals surface area (Å²) in [6.45, 7) is 3.23. The average molecular weight is 454 g/mol. The molecule has 4 aromatic rings. The van der Waals surface area contributed by atoms with Crippen molar-refractivity contribution in [2.24, 2.45) is 0 Å².